The summed E-state index contributed by atoms with van der Waals surface area (Å²) in [6.45, 7) is 0.471. The molecule has 0 aliphatic carbocycles. The van der Waals surface area contributed by atoms with Crippen LogP contribution in [0.3, 0.4) is 0 Å². The summed E-state index contributed by atoms with van der Waals surface area (Å²) in [4.78, 5) is 36.5. The maximum Gasteiger partial charge on any atom is 0.364 e. The summed E-state index contributed by atoms with van der Waals surface area (Å²) in [6.07, 6.45) is -7.31. The highest BCUT2D eigenvalue weighted by molar-refractivity contribution is 6.42. The fraction of sp³-hybridized carbons (Fsp3) is 0.400. The maximum atomic E-state index is 12.5. The van der Waals surface area contributed by atoms with E-state index in [9.17, 15) is 34.8 Å². The highest BCUT2D eigenvalue weighted by Gasteiger charge is 2.55. The number of carbonyl (C=O) groups is 3. The van der Waals surface area contributed by atoms with E-state index in [4.69, 9.17) is 32.7 Å². The van der Waals surface area contributed by atoms with Gasteiger partial charge in [-0.25, -0.2) is 4.79 Å². The van der Waals surface area contributed by atoms with Gasteiger partial charge in [0.25, 0.3) is 11.7 Å². The van der Waals surface area contributed by atoms with Gasteiger partial charge in [0.1, 0.15) is 12.2 Å². The summed E-state index contributed by atoms with van der Waals surface area (Å²) >= 11 is 11.8. The van der Waals surface area contributed by atoms with E-state index >= 15 is 0 Å². The van der Waals surface area contributed by atoms with Crippen LogP contribution in [-0.2, 0) is 25.7 Å². The van der Waals surface area contributed by atoms with Crippen LogP contribution in [0.1, 0.15) is 29.3 Å². The Morgan fingerprint density at radius 1 is 1.13 bits per heavy atom. The van der Waals surface area contributed by atoms with Crippen molar-refractivity contribution >= 4 is 41.0 Å². The molecule has 0 unspecified atom stereocenters. The van der Waals surface area contributed by atoms with Gasteiger partial charge in [-0.3, -0.25) is 9.59 Å². The van der Waals surface area contributed by atoms with Crippen LogP contribution in [0, 0.1) is 0 Å². The van der Waals surface area contributed by atoms with Crippen molar-refractivity contribution in [2.24, 2.45) is 0 Å². The Hall–Kier alpha value is -2.77. The number of halogens is 2. The third-order valence-electron chi connectivity index (χ3n) is 5.97. The van der Waals surface area contributed by atoms with E-state index in [2.05, 4.69) is 10.6 Å². The zero-order valence-corrected chi connectivity index (χ0v) is 21.7. The molecule has 2 aromatic carbocycles. The van der Waals surface area contributed by atoms with Crippen molar-refractivity contribution in [3.05, 3.63) is 69.7 Å². The Bertz CT molecular complexity index is 1150. The second-order valence-electron chi connectivity index (χ2n) is 8.81. The zero-order valence-electron chi connectivity index (χ0n) is 20.2. The molecule has 0 spiro atoms. The van der Waals surface area contributed by atoms with E-state index in [0.717, 1.165) is 6.92 Å². The number of aliphatic carboxylic acids is 1. The monoisotopic (exact) mass is 570 g/mol. The highest BCUT2D eigenvalue weighted by atomic mass is 35.5. The second-order valence-corrected chi connectivity index (χ2v) is 9.62. The zero-order chi connectivity index (χ0) is 28.0. The summed E-state index contributed by atoms with van der Waals surface area (Å²) in [7, 11) is 0. The molecule has 1 aliphatic heterocycles. The van der Waals surface area contributed by atoms with Gasteiger partial charge in [-0.2, -0.15) is 0 Å². The van der Waals surface area contributed by atoms with Crippen LogP contribution in [0.2, 0.25) is 10.0 Å². The number of hydrogen-bond acceptors (Lipinski definition) is 8. The fourth-order valence-electron chi connectivity index (χ4n) is 4.00. The molecule has 0 aromatic heterocycles. The van der Waals surface area contributed by atoms with Crippen molar-refractivity contribution in [3.8, 4) is 0 Å². The molecule has 206 valence electrons. The molecule has 2 aromatic rings. The molecule has 13 heteroatoms. The van der Waals surface area contributed by atoms with Gasteiger partial charge < -0.3 is 40.5 Å². The number of aliphatic hydroxyl groups is 3. The van der Waals surface area contributed by atoms with E-state index in [0.29, 0.717) is 5.56 Å². The number of aliphatic hydroxyl groups excluding tert-OH is 3. The number of amides is 2. The molecule has 6 N–H and O–H groups in total. The van der Waals surface area contributed by atoms with Crippen molar-refractivity contribution in [2.75, 3.05) is 6.54 Å². The first-order valence-corrected chi connectivity index (χ1v) is 12.3. The van der Waals surface area contributed by atoms with E-state index in [1.807, 2.05) is 0 Å². The number of ether oxygens (including phenoxy) is 2. The van der Waals surface area contributed by atoms with Gasteiger partial charge in [-0.1, -0.05) is 53.5 Å². The minimum absolute atomic E-state index is 0.140. The lowest BCUT2D eigenvalue weighted by Crippen LogP contribution is -2.68. The number of benzene rings is 2. The van der Waals surface area contributed by atoms with Gasteiger partial charge in [0.05, 0.1) is 34.9 Å². The molecule has 6 atom stereocenters. The Balaban J connectivity index is 1.78. The molecule has 0 saturated carbocycles. The Kier molecular flexibility index (Phi) is 10.1. The summed E-state index contributed by atoms with van der Waals surface area (Å²) < 4.78 is 11.3. The van der Waals surface area contributed by atoms with Gasteiger partial charge in [0, 0.05) is 25.5 Å². The van der Waals surface area contributed by atoms with E-state index in [1.165, 1.54) is 18.2 Å². The summed E-state index contributed by atoms with van der Waals surface area (Å²) in [6, 6.07) is 11.5. The van der Waals surface area contributed by atoms with E-state index < -0.39 is 67.0 Å². The van der Waals surface area contributed by atoms with Crippen molar-refractivity contribution in [1.29, 1.82) is 0 Å². The highest BCUT2D eigenvalue weighted by Crippen LogP contribution is 2.34. The van der Waals surface area contributed by atoms with Crippen molar-refractivity contribution < 1.29 is 44.3 Å². The lowest BCUT2D eigenvalue weighted by atomic mass is 9.88. The van der Waals surface area contributed by atoms with Crippen LogP contribution in [0.4, 0.5) is 0 Å². The molecule has 3 rings (SSSR count). The van der Waals surface area contributed by atoms with Crippen LogP contribution < -0.4 is 10.6 Å². The largest absolute Gasteiger partial charge is 0.477 e. The molecule has 38 heavy (non-hydrogen) atoms. The third-order valence-corrected chi connectivity index (χ3v) is 6.71. The van der Waals surface area contributed by atoms with Gasteiger partial charge in [-0.05, 0) is 23.8 Å². The molecule has 2 amide bonds. The van der Waals surface area contributed by atoms with Crippen molar-refractivity contribution in [3.63, 3.8) is 0 Å². The minimum Gasteiger partial charge on any atom is -0.477 e. The van der Waals surface area contributed by atoms with Gasteiger partial charge in [0.15, 0.2) is 0 Å². The molecule has 1 saturated heterocycles. The molecular formula is C25H28Cl2N2O9. The average Bonchev–Trinajstić information content (AvgIpc) is 2.88. The molecule has 0 radical (unpaired) electrons. The van der Waals surface area contributed by atoms with Gasteiger partial charge in [-0.15, -0.1) is 0 Å². The lowest BCUT2D eigenvalue weighted by molar-refractivity contribution is -0.314. The van der Waals surface area contributed by atoms with Crippen LogP contribution in [-0.4, -0.2) is 81.0 Å². The molecule has 0 bridgehead atoms. The van der Waals surface area contributed by atoms with Crippen LogP contribution in [0.25, 0.3) is 0 Å². The second kappa shape index (κ2) is 12.9. The van der Waals surface area contributed by atoms with Gasteiger partial charge >= 0.3 is 5.97 Å². The number of carbonyl (C=O) groups excluding carboxylic acids is 2. The molecule has 1 fully saturated rings. The lowest BCUT2D eigenvalue weighted by Gasteiger charge is -2.46. The first-order valence-electron chi connectivity index (χ1n) is 11.6. The maximum absolute atomic E-state index is 12.5. The van der Waals surface area contributed by atoms with Crippen LogP contribution >= 0.6 is 23.2 Å². The minimum atomic E-state index is -2.40. The Labute approximate surface area is 228 Å². The van der Waals surface area contributed by atoms with Crippen molar-refractivity contribution in [2.45, 2.75) is 56.2 Å². The summed E-state index contributed by atoms with van der Waals surface area (Å²) in [5.41, 5.74) is 0.762. The Morgan fingerprint density at radius 2 is 1.82 bits per heavy atom. The van der Waals surface area contributed by atoms with E-state index in [-0.39, 0.29) is 22.2 Å². The summed E-state index contributed by atoms with van der Waals surface area (Å²) in [5.74, 6) is -5.21. The van der Waals surface area contributed by atoms with Gasteiger partial charge in [0.2, 0.25) is 5.91 Å². The predicted octanol–water partition coefficient (Wildman–Crippen LogP) is 1.10. The summed E-state index contributed by atoms with van der Waals surface area (Å²) in [5, 5.41) is 47.6. The number of carboxylic acids is 1. The molecular weight excluding hydrogens is 543 g/mol. The fourth-order valence-corrected chi connectivity index (χ4v) is 4.30. The predicted molar refractivity (Wildman–Crippen MR) is 136 cm³/mol. The van der Waals surface area contributed by atoms with Crippen LogP contribution in [0.15, 0.2) is 48.5 Å². The van der Waals surface area contributed by atoms with E-state index in [1.54, 1.807) is 30.3 Å². The molecule has 1 heterocycles. The quantitative estimate of drug-likeness (QED) is 0.244. The first kappa shape index (κ1) is 29.8. The topological polar surface area (TPSA) is 175 Å². The number of carboxylic acid groups (broad SMARTS) is 1. The normalized spacial score (nSPS) is 24.7. The Morgan fingerprint density at radius 3 is 2.42 bits per heavy atom. The SMILES string of the molecule is CC(=O)N[C@H]1[C@H]([C@H](O)[C@H](O)CNC(=O)c2ccc(Cl)c(Cl)c2)O[C@](OCc2ccccc2)(C(=O)O)C[C@@H]1O. The number of hydrogen-bond donors (Lipinski definition) is 6. The smallest absolute Gasteiger partial charge is 0.364 e. The number of nitrogens with one attached hydrogen (secondary N) is 2. The standard InChI is InChI=1S/C25H28Cl2N2O9/c1-13(30)29-20-18(31)10-25(24(35)36,37-12-14-5-3-2-4-6-14)38-22(20)21(33)19(32)11-28-23(34)15-7-8-16(26)17(27)9-15/h2-9,18-22,31-33H,10-12H2,1H3,(H,28,34)(H,29,30)(H,35,36)/t18-,19+,20+,21+,22+,25-/m0/s1. The molecule has 11 nitrogen and oxygen atoms in total. The number of rotatable bonds is 10. The molecule has 1 aliphatic rings. The third kappa shape index (κ3) is 7.20. The first-order chi connectivity index (χ1) is 17.9. The van der Waals surface area contributed by atoms with Crippen molar-refractivity contribution in [1.82, 2.24) is 10.6 Å². The average molecular weight is 571 g/mol. The van der Waals surface area contributed by atoms with Crippen LogP contribution in [0.5, 0.6) is 0 Å².